The lowest BCUT2D eigenvalue weighted by atomic mass is 10.0. The van der Waals surface area contributed by atoms with E-state index in [-0.39, 0.29) is 5.82 Å². The second-order valence-electron chi connectivity index (χ2n) is 3.46. The summed E-state index contributed by atoms with van der Waals surface area (Å²) >= 11 is 0. The van der Waals surface area contributed by atoms with Gasteiger partial charge in [-0.1, -0.05) is 25.1 Å². The van der Waals surface area contributed by atoms with Gasteiger partial charge in [0, 0.05) is 0 Å². The zero-order valence-corrected chi connectivity index (χ0v) is 8.18. The van der Waals surface area contributed by atoms with Crippen LogP contribution in [-0.2, 0) is 6.42 Å². The summed E-state index contributed by atoms with van der Waals surface area (Å²) in [6.45, 7) is 3.04. The first kappa shape index (κ1) is 10.2. The first-order chi connectivity index (χ1) is 6.24. The fourth-order valence-corrected chi connectivity index (χ4v) is 1.46. The van der Waals surface area contributed by atoms with Gasteiger partial charge in [-0.2, -0.15) is 0 Å². The molecule has 0 aliphatic carbocycles. The van der Waals surface area contributed by atoms with Crippen LogP contribution in [0.2, 0.25) is 0 Å². The van der Waals surface area contributed by atoms with Crippen molar-refractivity contribution in [3.8, 4) is 0 Å². The van der Waals surface area contributed by atoms with Crippen molar-refractivity contribution < 1.29 is 4.39 Å². The van der Waals surface area contributed by atoms with Gasteiger partial charge in [0.1, 0.15) is 5.82 Å². The summed E-state index contributed by atoms with van der Waals surface area (Å²) in [6, 6.07) is 6.97. The van der Waals surface area contributed by atoms with Crippen LogP contribution in [0.3, 0.4) is 0 Å². The van der Waals surface area contributed by atoms with Crippen molar-refractivity contribution in [2.24, 2.45) is 5.92 Å². The van der Waals surface area contributed by atoms with E-state index in [2.05, 4.69) is 12.2 Å². The first-order valence-electron chi connectivity index (χ1n) is 4.62. The Morgan fingerprint density at radius 1 is 1.38 bits per heavy atom. The predicted octanol–water partition coefficient (Wildman–Crippen LogP) is 2.22. The van der Waals surface area contributed by atoms with Crippen LogP contribution in [0.5, 0.6) is 0 Å². The summed E-state index contributed by atoms with van der Waals surface area (Å²) in [7, 11) is 1.91. The van der Waals surface area contributed by atoms with Crippen LogP contribution < -0.4 is 5.32 Å². The lowest BCUT2D eigenvalue weighted by Crippen LogP contribution is -2.18. The molecule has 0 spiro atoms. The smallest absolute Gasteiger partial charge is 0.126 e. The van der Waals surface area contributed by atoms with Crippen molar-refractivity contribution >= 4 is 0 Å². The molecule has 0 aliphatic heterocycles. The quantitative estimate of drug-likeness (QED) is 0.751. The molecule has 1 atom stereocenters. The van der Waals surface area contributed by atoms with Gasteiger partial charge in [-0.15, -0.1) is 0 Å². The van der Waals surface area contributed by atoms with E-state index in [9.17, 15) is 4.39 Å². The minimum Gasteiger partial charge on any atom is -0.319 e. The number of rotatable bonds is 4. The molecule has 0 aliphatic rings. The fourth-order valence-electron chi connectivity index (χ4n) is 1.46. The SMILES string of the molecule is CNCC(C)Cc1ccccc1F. The molecule has 0 heterocycles. The van der Waals surface area contributed by atoms with Crippen molar-refractivity contribution in [2.45, 2.75) is 13.3 Å². The van der Waals surface area contributed by atoms with Crippen LogP contribution in [0.25, 0.3) is 0 Å². The molecule has 0 aromatic heterocycles. The van der Waals surface area contributed by atoms with E-state index >= 15 is 0 Å². The Morgan fingerprint density at radius 2 is 2.08 bits per heavy atom. The summed E-state index contributed by atoms with van der Waals surface area (Å²) in [5.41, 5.74) is 0.810. The van der Waals surface area contributed by atoms with Crippen molar-refractivity contribution in [3.05, 3.63) is 35.6 Å². The summed E-state index contributed by atoms with van der Waals surface area (Å²) in [6.07, 6.45) is 0.799. The number of halogens is 1. The second-order valence-corrected chi connectivity index (χ2v) is 3.46. The zero-order valence-electron chi connectivity index (χ0n) is 8.18. The maximum absolute atomic E-state index is 13.2. The zero-order chi connectivity index (χ0) is 9.68. The van der Waals surface area contributed by atoms with Crippen LogP contribution >= 0.6 is 0 Å². The first-order valence-corrected chi connectivity index (χ1v) is 4.62. The van der Waals surface area contributed by atoms with Gasteiger partial charge >= 0.3 is 0 Å². The molecule has 1 aromatic rings. The second kappa shape index (κ2) is 4.97. The highest BCUT2D eigenvalue weighted by Crippen LogP contribution is 2.11. The van der Waals surface area contributed by atoms with Crippen LogP contribution in [0.4, 0.5) is 4.39 Å². The maximum atomic E-state index is 13.2. The minimum absolute atomic E-state index is 0.0922. The van der Waals surface area contributed by atoms with Gasteiger partial charge in [0.2, 0.25) is 0 Å². The largest absolute Gasteiger partial charge is 0.319 e. The Bertz CT molecular complexity index is 260. The Hall–Kier alpha value is -0.890. The third kappa shape index (κ3) is 3.15. The highest BCUT2D eigenvalue weighted by atomic mass is 19.1. The van der Waals surface area contributed by atoms with Gasteiger partial charge in [0.15, 0.2) is 0 Å². The summed E-state index contributed by atoms with van der Waals surface area (Å²) in [4.78, 5) is 0. The van der Waals surface area contributed by atoms with E-state index in [4.69, 9.17) is 0 Å². The van der Waals surface area contributed by atoms with Crippen molar-refractivity contribution in [3.63, 3.8) is 0 Å². The molecule has 0 radical (unpaired) electrons. The molecule has 1 rings (SSSR count). The van der Waals surface area contributed by atoms with Crippen LogP contribution in [0.1, 0.15) is 12.5 Å². The van der Waals surface area contributed by atoms with Crippen molar-refractivity contribution in [1.29, 1.82) is 0 Å². The average molecular weight is 181 g/mol. The molecule has 0 fully saturated rings. The van der Waals surface area contributed by atoms with Crippen LogP contribution in [0, 0.1) is 11.7 Å². The van der Waals surface area contributed by atoms with Crippen LogP contribution in [-0.4, -0.2) is 13.6 Å². The lowest BCUT2D eigenvalue weighted by molar-refractivity contribution is 0.520. The third-order valence-electron chi connectivity index (χ3n) is 2.08. The molecule has 1 nitrogen and oxygen atoms in total. The molecule has 0 bridgehead atoms. The number of nitrogens with one attached hydrogen (secondary N) is 1. The van der Waals surface area contributed by atoms with E-state index in [0.29, 0.717) is 5.92 Å². The fraction of sp³-hybridized carbons (Fsp3) is 0.455. The van der Waals surface area contributed by atoms with E-state index in [0.717, 1.165) is 18.5 Å². The normalized spacial score (nSPS) is 12.8. The van der Waals surface area contributed by atoms with E-state index < -0.39 is 0 Å². The molecular weight excluding hydrogens is 165 g/mol. The Balaban J connectivity index is 2.58. The molecule has 0 saturated carbocycles. The van der Waals surface area contributed by atoms with E-state index in [1.54, 1.807) is 6.07 Å². The Kier molecular flexibility index (Phi) is 3.90. The van der Waals surface area contributed by atoms with Gasteiger partial charge in [0.25, 0.3) is 0 Å². The minimum atomic E-state index is -0.0922. The van der Waals surface area contributed by atoms with Gasteiger partial charge in [-0.3, -0.25) is 0 Å². The van der Waals surface area contributed by atoms with Crippen LogP contribution in [0.15, 0.2) is 24.3 Å². The molecule has 0 saturated heterocycles. The lowest BCUT2D eigenvalue weighted by Gasteiger charge is -2.10. The number of benzene rings is 1. The highest BCUT2D eigenvalue weighted by Gasteiger charge is 2.05. The van der Waals surface area contributed by atoms with Gasteiger partial charge in [-0.25, -0.2) is 4.39 Å². The molecule has 1 unspecified atom stereocenters. The predicted molar refractivity (Wildman–Crippen MR) is 53.2 cm³/mol. The number of hydrogen-bond donors (Lipinski definition) is 1. The standard InChI is InChI=1S/C11H16FN/c1-9(8-13-2)7-10-5-3-4-6-11(10)12/h3-6,9,13H,7-8H2,1-2H3. The monoisotopic (exact) mass is 181 g/mol. The Morgan fingerprint density at radius 3 is 2.69 bits per heavy atom. The summed E-state index contributed by atoms with van der Waals surface area (Å²) < 4.78 is 13.2. The van der Waals surface area contributed by atoms with Crippen molar-refractivity contribution in [1.82, 2.24) is 5.32 Å². The highest BCUT2D eigenvalue weighted by molar-refractivity contribution is 5.17. The molecule has 2 heteroatoms. The molecule has 13 heavy (non-hydrogen) atoms. The topological polar surface area (TPSA) is 12.0 Å². The summed E-state index contributed by atoms with van der Waals surface area (Å²) in [5, 5.41) is 3.08. The van der Waals surface area contributed by atoms with E-state index in [1.165, 1.54) is 6.07 Å². The number of hydrogen-bond acceptors (Lipinski definition) is 1. The molecular formula is C11H16FN. The molecule has 72 valence electrons. The maximum Gasteiger partial charge on any atom is 0.126 e. The van der Waals surface area contributed by atoms with Gasteiger partial charge in [0.05, 0.1) is 0 Å². The van der Waals surface area contributed by atoms with Gasteiger partial charge in [-0.05, 0) is 37.6 Å². The molecule has 0 amide bonds. The Labute approximate surface area is 79.0 Å². The molecule has 1 aromatic carbocycles. The third-order valence-corrected chi connectivity index (χ3v) is 2.08. The summed E-state index contributed by atoms with van der Waals surface area (Å²) in [5.74, 6) is 0.382. The van der Waals surface area contributed by atoms with Gasteiger partial charge < -0.3 is 5.32 Å². The van der Waals surface area contributed by atoms with Crippen molar-refractivity contribution in [2.75, 3.05) is 13.6 Å². The van der Waals surface area contributed by atoms with E-state index in [1.807, 2.05) is 19.2 Å². The average Bonchev–Trinajstić information content (AvgIpc) is 2.09. The molecule has 1 N–H and O–H groups in total.